The van der Waals surface area contributed by atoms with Crippen LogP contribution in [0.2, 0.25) is 0 Å². The Bertz CT molecular complexity index is 280. The smallest absolute Gasteiger partial charge is 0.244 e. The van der Waals surface area contributed by atoms with Gasteiger partial charge in [-0.3, -0.25) is 9.59 Å². The van der Waals surface area contributed by atoms with Gasteiger partial charge >= 0.3 is 0 Å². The highest BCUT2D eigenvalue weighted by molar-refractivity contribution is 5.98. The minimum absolute atomic E-state index is 0.0158. The summed E-state index contributed by atoms with van der Waals surface area (Å²) in [5.74, 6) is -0.489. The van der Waals surface area contributed by atoms with E-state index in [1.54, 1.807) is 13.8 Å². The molecule has 1 amide bonds. The fraction of sp³-hybridized carbons (Fsp3) is 0.667. The van der Waals surface area contributed by atoms with Gasteiger partial charge in [0.2, 0.25) is 5.91 Å². The molecule has 0 unspecified atom stereocenters. The second-order valence-corrected chi connectivity index (χ2v) is 4.74. The van der Waals surface area contributed by atoms with Crippen LogP contribution in [-0.4, -0.2) is 28.9 Å². The molecule has 4 heteroatoms. The van der Waals surface area contributed by atoms with E-state index < -0.39 is 5.54 Å². The summed E-state index contributed by atoms with van der Waals surface area (Å²) in [5.41, 5.74) is -0.461. The summed E-state index contributed by atoms with van der Waals surface area (Å²) in [6.45, 7) is 7.21. The largest absolute Gasteiger partial charge is 0.396 e. The van der Waals surface area contributed by atoms with E-state index in [1.807, 2.05) is 13.8 Å². The molecule has 0 fully saturated rings. The van der Waals surface area contributed by atoms with Gasteiger partial charge < -0.3 is 10.4 Å². The molecule has 92 valence electrons. The quantitative estimate of drug-likeness (QED) is 0.666. The molecule has 0 aromatic carbocycles. The Morgan fingerprint density at radius 1 is 1.31 bits per heavy atom. The standard InChI is InChI=1S/C12H21NO3/c1-9(2)10(15)5-6-11(16)13-12(3,4)7-8-14/h5-6,9,14H,7-8H2,1-4H3,(H,13,16)/b6-5-. The maximum atomic E-state index is 11.4. The predicted molar refractivity (Wildman–Crippen MR) is 62.9 cm³/mol. The summed E-state index contributed by atoms with van der Waals surface area (Å²) < 4.78 is 0. The molecule has 0 saturated heterocycles. The lowest BCUT2D eigenvalue weighted by molar-refractivity contribution is -0.120. The highest BCUT2D eigenvalue weighted by Crippen LogP contribution is 2.06. The molecule has 0 bridgehead atoms. The zero-order valence-corrected chi connectivity index (χ0v) is 10.4. The van der Waals surface area contributed by atoms with E-state index in [2.05, 4.69) is 5.32 Å². The van der Waals surface area contributed by atoms with Crippen molar-refractivity contribution in [3.63, 3.8) is 0 Å². The van der Waals surface area contributed by atoms with Crippen molar-refractivity contribution in [2.45, 2.75) is 39.7 Å². The van der Waals surface area contributed by atoms with Crippen molar-refractivity contribution in [1.29, 1.82) is 0 Å². The number of amides is 1. The van der Waals surface area contributed by atoms with Gasteiger partial charge in [-0.05, 0) is 26.3 Å². The van der Waals surface area contributed by atoms with Gasteiger partial charge in [0.05, 0.1) is 0 Å². The topological polar surface area (TPSA) is 66.4 Å². The van der Waals surface area contributed by atoms with Gasteiger partial charge in [0.1, 0.15) is 0 Å². The van der Waals surface area contributed by atoms with Gasteiger partial charge in [-0.15, -0.1) is 0 Å². The third-order valence-corrected chi connectivity index (χ3v) is 2.17. The van der Waals surface area contributed by atoms with Crippen LogP contribution in [0.5, 0.6) is 0 Å². The van der Waals surface area contributed by atoms with Crippen LogP contribution in [0.25, 0.3) is 0 Å². The maximum absolute atomic E-state index is 11.4. The molecule has 0 saturated carbocycles. The molecule has 0 aromatic rings. The number of carbonyl (C=O) groups excluding carboxylic acids is 2. The molecule has 0 aliphatic heterocycles. The highest BCUT2D eigenvalue weighted by Gasteiger charge is 2.18. The van der Waals surface area contributed by atoms with Gasteiger partial charge in [0, 0.05) is 24.1 Å². The van der Waals surface area contributed by atoms with Crippen molar-refractivity contribution in [2.75, 3.05) is 6.61 Å². The van der Waals surface area contributed by atoms with Crippen LogP contribution in [0, 0.1) is 5.92 Å². The van der Waals surface area contributed by atoms with E-state index in [1.165, 1.54) is 12.2 Å². The number of ketones is 1. The van der Waals surface area contributed by atoms with Gasteiger partial charge in [-0.2, -0.15) is 0 Å². The number of hydrogen-bond acceptors (Lipinski definition) is 3. The predicted octanol–water partition coefficient (Wildman–Crippen LogP) is 1.04. The molecule has 0 spiro atoms. The number of nitrogens with one attached hydrogen (secondary N) is 1. The Balaban J connectivity index is 4.23. The van der Waals surface area contributed by atoms with Crippen LogP contribution >= 0.6 is 0 Å². The molecule has 0 aromatic heterocycles. The molecule has 0 rings (SSSR count). The van der Waals surface area contributed by atoms with Gasteiger partial charge in [-0.25, -0.2) is 0 Å². The first kappa shape index (κ1) is 14.8. The van der Waals surface area contributed by atoms with Crippen molar-refractivity contribution < 1.29 is 14.7 Å². The Labute approximate surface area is 96.7 Å². The van der Waals surface area contributed by atoms with E-state index in [-0.39, 0.29) is 24.2 Å². The summed E-state index contributed by atoms with van der Waals surface area (Å²) in [4.78, 5) is 22.7. The first-order valence-electron chi connectivity index (χ1n) is 5.43. The number of hydrogen-bond donors (Lipinski definition) is 2. The number of allylic oxidation sites excluding steroid dienone is 1. The van der Waals surface area contributed by atoms with E-state index in [4.69, 9.17) is 5.11 Å². The highest BCUT2D eigenvalue weighted by atomic mass is 16.3. The molecule has 2 N–H and O–H groups in total. The summed E-state index contributed by atoms with van der Waals surface area (Å²) in [5, 5.41) is 11.5. The second-order valence-electron chi connectivity index (χ2n) is 4.74. The molecule has 0 aliphatic carbocycles. The summed E-state index contributed by atoms with van der Waals surface area (Å²) in [7, 11) is 0. The number of rotatable bonds is 6. The Hall–Kier alpha value is -1.16. The van der Waals surface area contributed by atoms with E-state index in [0.717, 1.165) is 0 Å². The van der Waals surface area contributed by atoms with Crippen LogP contribution in [0.15, 0.2) is 12.2 Å². The Morgan fingerprint density at radius 3 is 2.31 bits per heavy atom. The first-order valence-corrected chi connectivity index (χ1v) is 5.43. The van der Waals surface area contributed by atoms with Crippen LogP contribution in [0.3, 0.4) is 0 Å². The average Bonchev–Trinajstić information content (AvgIpc) is 2.12. The molecule has 4 nitrogen and oxygen atoms in total. The zero-order chi connectivity index (χ0) is 12.8. The molecular formula is C12H21NO3. The lowest BCUT2D eigenvalue weighted by Crippen LogP contribution is -2.43. The van der Waals surface area contributed by atoms with Crippen molar-refractivity contribution in [2.24, 2.45) is 5.92 Å². The van der Waals surface area contributed by atoms with Crippen molar-refractivity contribution in [3.05, 3.63) is 12.2 Å². The fourth-order valence-electron chi connectivity index (χ4n) is 1.07. The van der Waals surface area contributed by atoms with Crippen molar-refractivity contribution in [3.8, 4) is 0 Å². The molecular weight excluding hydrogens is 206 g/mol. The lowest BCUT2D eigenvalue weighted by Gasteiger charge is -2.24. The second kappa shape index (κ2) is 6.43. The average molecular weight is 227 g/mol. The van der Waals surface area contributed by atoms with Crippen LogP contribution in [0.4, 0.5) is 0 Å². The van der Waals surface area contributed by atoms with Gasteiger partial charge in [0.25, 0.3) is 0 Å². The molecule has 0 radical (unpaired) electrons. The van der Waals surface area contributed by atoms with E-state index in [0.29, 0.717) is 6.42 Å². The monoisotopic (exact) mass is 227 g/mol. The third kappa shape index (κ3) is 6.35. The third-order valence-electron chi connectivity index (χ3n) is 2.17. The minimum atomic E-state index is -0.461. The number of aliphatic hydroxyl groups excluding tert-OH is 1. The molecule has 0 heterocycles. The lowest BCUT2D eigenvalue weighted by atomic mass is 10.0. The fourth-order valence-corrected chi connectivity index (χ4v) is 1.07. The normalized spacial score (nSPS) is 12.1. The summed E-state index contributed by atoms with van der Waals surface area (Å²) >= 11 is 0. The summed E-state index contributed by atoms with van der Waals surface area (Å²) in [6, 6.07) is 0. The molecule has 0 aliphatic rings. The van der Waals surface area contributed by atoms with Crippen LogP contribution in [-0.2, 0) is 9.59 Å². The van der Waals surface area contributed by atoms with Gasteiger partial charge in [-0.1, -0.05) is 13.8 Å². The van der Waals surface area contributed by atoms with Crippen molar-refractivity contribution >= 4 is 11.7 Å². The van der Waals surface area contributed by atoms with E-state index >= 15 is 0 Å². The van der Waals surface area contributed by atoms with E-state index in [9.17, 15) is 9.59 Å². The van der Waals surface area contributed by atoms with Crippen LogP contribution < -0.4 is 5.32 Å². The minimum Gasteiger partial charge on any atom is -0.396 e. The van der Waals surface area contributed by atoms with Crippen molar-refractivity contribution in [1.82, 2.24) is 5.32 Å². The Kier molecular flexibility index (Phi) is 5.96. The molecule has 0 atom stereocenters. The van der Waals surface area contributed by atoms with Crippen LogP contribution in [0.1, 0.15) is 34.1 Å². The number of aliphatic hydroxyl groups is 1. The zero-order valence-electron chi connectivity index (χ0n) is 10.4. The van der Waals surface area contributed by atoms with Gasteiger partial charge in [0.15, 0.2) is 5.78 Å². The summed E-state index contributed by atoms with van der Waals surface area (Å²) in [6.07, 6.45) is 3.00. The first-order chi connectivity index (χ1) is 7.28. The molecule has 16 heavy (non-hydrogen) atoms. The maximum Gasteiger partial charge on any atom is 0.244 e. The number of carbonyl (C=O) groups is 2. The SMILES string of the molecule is CC(C)C(=O)/C=C\C(=O)NC(C)(C)CCO. The Morgan fingerprint density at radius 2 is 1.88 bits per heavy atom.